The summed E-state index contributed by atoms with van der Waals surface area (Å²) in [6, 6.07) is 3.24. The van der Waals surface area contributed by atoms with Gasteiger partial charge < -0.3 is 14.6 Å². The van der Waals surface area contributed by atoms with Gasteiger partial charge in [-0.05, 0) is 44.0 Å². The van der Waals surface area contributed by atoms with E-state index in [1.165, 1.54) is 50.0 Å². The first-order valence-electron chi connectivity index (χ1n) is 9.38. The highest BCUT2D eigenvalue weighted by molar-refractivity contribution is 7.14. The number of piperidine rings is 1. The molecule has 1 fully saturated rings. The van der Waals surface area contributed by atoms with Crippen molar-refractivity contribution in [2.75, 3.05) is 31.5 Å². The van der Waals surface area contributed by atoms with E-state index < -0.39 is 0 Å². The van der Waals surface area contributed by atoms with Gasteiger partial charge in [-0.15, -0.1) is 11.3 Å². The molecule has 8 heteroatoms. The molecule has 1 aliphatic rings. The second-order valence-corrected chi connectivity index (χ2v) is 7.88. The fraction of sp³-hybridized carbons (Fsp3) is 0.526. The number of anilines is 1. The van der Waals surface area contributed by atoms with Crippen LogP contribution < -0.4 is 10.6 Å². The van der Waals surface area contributed by atoms with Crippen LogP contribution in [0.2, 0.25) is 0 Å². The summed E-state index contributed by atoms with van der Waals surface area (Å²) in [6.07, 6.45) is 5.55. The maximum absolute atomic E-state index is 12.2. The minimum Gasteiger partial charge on any atom is -0.459 e. The fourth-order valence-corrected chi connectivity index (χ4v) is 3.88. The van der Waals surface area contributed by atoms with E-state index in [1.54, 1.807) is 17.5 Å². The molecule has 0 spiro atoms. The summed E-state index contributed by atoms with van der Waals surface area (Å²) in [5, 5.41) is 7.90. The maximum atomic E-state index is 12.2. The first-order valence-corrected chi connectivity index (χ1v) is 10.3. The number of aromatic nitrogens is 1. The molecule has 0 saturated carbocycles. The summed E-state index contributed by atoms with van der Waals surface area (Å²) in [5.41, 5.74) is 0.649. The second kappa shape index (κ2) is 9.66. The number of rotatable bonds is 8. The molecule has 27 heavy (non-hydrogen) atoms. The molecule has 2 aromatic rings. The molecule has 3 rings (SSSR count). The quantitative estimate of drug-likeness (QED) is 0.724. The van der Waals surface area contributed by atoms with Gasteiger partial charge in [-0.1, -0.05) is 13.3 Å². The summed E-state index contributed by atoms with van der Waals surface area (Å²) < 4.78 is 5.04. The third kappa shape index (κ3) is 6.18. The van der Waals surface area contributed by atoms with Crippen LogP contribution in [-0.4, -0.2) is 47.9 Å². The van der Waals surface area contributed by atoms with E-state index >= 15 is 0 Å². The lowest BCUT2D eigenvalue weighted by Gasteiger charge is -2.29. The molecule has 1 unspecified atom stereocenters. The van der Waals surface area contributed by atoms with E-state index in [0.29, 0.717) is 23.3 Å². The Hall–Kier alpha value is -2.19. The number of likely N-dealkylation sites (tertiary alicyclic amines) is 1. The zero-order valence-corrected chi connectivity index (χ0v) is 16.4. The molecule has 7 nitrogen and oxygen atoms in total. The lowest BCUT2D eigenvalue weighted by atomic mass is 10.1. The average molecular weight is 391 g/mol. The standard InChI is InChI=1S/C19H26N4O3S/c1-14(12-23-7-3-2-4-8-23)11-20-17(24)10-15-13-27-19(21-15)22-18(25)16-6-5-9-26-16/h5-6,9,13-14H,2-4,7-8,10-12H2,1H3,(H,20,24)(H,21,22,25). The normalized spacial score (nSPS) is 16.0. The van der Waals surface area contributed by atoms with Crippen molar-refractivity contribution in [2.45, 2.75) is 32.6 Å². The molecular weight excluding hydrogens is 364 g/mol. The van der Waals surface area contributed by atoms with Crippen molar-refractivity contribution in [1.82, 2.24) is 15.2 Å². The summed E-state index contributed by atoms with van der Waals surface area (Å²) in [4.78, 5) is 30.9. The highest BCUT2D eigenvalue weighted by Crippen LogP contribution is 2.17. The van der Waals surface area contributed by atoms with Crippen molar-refractivity contribution >= 4 is 28.3 Å². The Morgan fingerprint density at radius 2 is 2.15 bits per heavy atom. The van der Waals surface area contributed by atoms with E-state index in [4.69, 9.17) is 4.42 Å². The van der Waals surface area contributed by atoms with Gasteiger partial charge in [0.2, 0.25) is 5.91 Å². The van der Waals surface area contributed by atoms with Crippen LogP contribution in [0.1, 0.15) is 42.4 Å². The molecule has 2 amide bonds. The molecule has 1 saturated heterocycles. The van der Waals surface area contributed by atoms with Crippen LogP contribution in [0.4, 0.5) is 5.13 Å². The van der Waals surface area contributed by atoms with E-state index in [0.717, 1.165) is 6.54 Å². The Morgan fingerprint density at radius 1 is 1.33 bits per heavy atom. The van der Waals surface area contributed by atoms with Crippen molar-refractivity contribution in [3.63, 3.8) is 0 Å². The number of hydrogen-bond acceptors (Lipinski definition) is 6. The average Bonchev–Trinajstić information content (AvgIpc) is 3.33. The number of nitrogens with one attached hydrogen (secondary N) is 2. The molecule has 0 aromatic carbocycles. The molecule has 0 radical (unpaired) electrons. The smallest absolute Gasteiger partial charge is 0.293 e. The topological polar surface area (TPSA) is 87.5 Å². The third-order valence-electron chi connectivity index (χ3n) is 4.53. The van der Waals surface area contributed by atoms with Gasteiger partial charge in [0.1, 0.15) is 0 Å². The summed E-state index contributed by atoms with van der Waals surface area (Å²) >= 11 is 1.29. The minimum absolute atomic E-state index is 0.0466. The lowest BCUT2D eigenvalue weighted by Crippen LogP contribution is -2.38. The largest absolute Gasteiger partial charge is 0.459 e. The van der Waals surface area contributed by atoms with Crippen molar-refractivity contribution in [1.29, 1.82) is 0 Å². The van der Waals surface area contributed by atoms with E-state index in [1.807, 2.05) is 0 Å². The highest BCUT2D eigenvalue weighted by Gasteiger charge is 2.15. The van der Waals surface area contributed by atoms with Gasteiger partial charge in [0.05, 0.1) is 18.4 Å². The van der Waals surface area contributed by atoms with Crippen LogP contribution >= 0.6 is 11.3 Å². The zero-order valence-electron chi connectivity index (χ0n) is 15.6. The molecule has 2 aromatic heterocycles. The van der Waals surface area contributed by atoms with E-state index in [2.05, 4.69) is 27.4 Å². The predicted octanol–water partition coefficient (Wildman–Crippen LogP) is 2.77. The number of carbonyl (C=O) groups is 2. The van der Waals surface area contributed by atoms with Gasteiger partial charge in [-0.2, -0.15) is 0 Å². The highest BCUT2D eigenvalue weighted by atomic mass is 32.1. The van der Waals surface area contributed by atoms with Gasteiger partial charge in [-0.3, -0.25) is 14.9 Å². The van der Waals surface area contributed by atoms with Crippen molar-refractivity contribution in [3.05, 3.63) is 35.2 Å². The molecule has 3 heterocycles. The second-order valence-electron chi connectivity index (χ2n) is 7.02. The van der Waals surface area contributed by atoms with E-state index in [9.17, 15) is 9.59 Å². The monoisotopic (exact) mass is 390 g/mol. The van der Waals surface area contributed by atoms with Crippen molar-refractivity contribution in [2.24, 2.45) is 5.92 Å². The van der Waals surface area contributed by atoms with Crippen LogP contribution in [0, 0.1) is 5.92 Å². The SMILES string of the molecule is CC(CNC(=O)Cc1csc(NC(=O)c2ccco2)n1)CN1CCCCC1. The van der Waals surface area contributed by atoms with Gasteiger partial charge in [0, 0.05) is 18.5 Å². The predicted molar refractivity (Wildman–Crippen MR) is 105 cm³/mol. The summed E-state index contributed by atoms with van der Waals surface area (Å²) in [6.45, 7) is 6.20. The molecule has 0 aliphatic carbocycles. The lowest BCUT2D eigenvalue weighted by molar-refractivity contribution is -0.120. The third-order valence-corrected chi connectivity index (χ3v) is 5.33. The molecule has 0 bridgehead atoms. The zero-order chi connectivity index (χ0) is 19.1. The Morgan fingerprint density at radius 3 is 2.89 bits per heavy atom. The number of nitrogens with zero attached hydrogens (tertiary/aromatic N) is 2. The van der Waals surface area contributed by atoms with Crippen molar-refractivity contribution < 1.29 is 14.0 Å². The van der Waals surface area contributed by atoms with Crippen LogP contribution in [0.3, 0.4) is 0 Å². The van der Waals surface area contributed by atoms with Crippen LogP contribution in [-0.2, 0) is 11.2 Å². The van der Waals surface area contributed by atoms with Crippen LogP contribution in [0.15, 0.2) is 28.2 Å². The van der Waals surface area contributed by atoms with Gasteiger partial charge in [0.15, 0.2) is 10.9 Å². The number of furan rings is 1. The Labute approximate surface area is 163 Å². The maximum Gasteiger partial charge on any atom is 0.293 e. The van der Waals surface area contributed by atoms with Crippen LogP contribution in [0.25, 0.3) is 0 Å². The Bertz CT molecular complexity index is 738. The minimum atomic E-state index is -0.350. The molecule has 146 valence electrons. The molecular formula is C19H26N4O3S. The van der Waals surface area contributed by atoms with E-state index in [-0.39, 0.29) is 24.0 Å². The number of amides is 2. The fourth-order valence-electron chi connectivity index (χ4n) is 3.17. The first-order chi connectivity index (χ1) is 13.1. The van der Waals surface area contributed by atoms with Gasteiger partial charge in [0.25, 0.3) is 5.91 Å². The van der Waals surface area contributed by atoms with Crippen molar-refractivity contribution in [3.8, 4) is 0 Å². The summed E-state index contributed by atoms with van der Waals surface area (Å²) in [5.74, 6) is 0.254. The number of thiazole rings is 1. The molecule has 2 N–H and O–H groups in total. The Balaban J connectivity index is 1.39. The molecule has 1 atom stereocenters. The number of carbonyl (C=O) groups excluding carboxylic acids is 2. The van der Waals surface area contributed by atoms with Gasteiger partial charge in [-0.25, -0.2) is 4.98 Å². The summed E-state index contributed by atoms with van der Waals surface area (Å²) in [7, 11) is 0. The first kappa shape index (κ1) is 19.6. The van der Waals surface area contributed by atoms with Gasteiger partial charge >= 0.3 is 0 Å². The van der Waals surface area contributed by atoms with Crippen LogP contribution in [0.5, 0.6) is 0 Å². The molecule has 1 aliphatic heterocycles. The number of hydrogen-bond donors (Lipinski definition) is 2. The Kier molecular flexibility index (Phi) is 7.00.